The van der Waals surface area contributed by atoms with E-state index in [0.29, 0.717) is 17.4 Å². The summed E-state index contributed by atoms with van der Waals surface area (Å²) in [5.41, 5.74) is 8.06. The lowest BCUT2D eigenvalue weighted by Crippen LogP contribution is -2.23. The predicted octanol–water partition coefficient (Wildman–Crippen LogP) is 3.23. The molecule has 0 saturated heterocycles. The largest absolute Gasteiger partial charge is 0.483 e. The lowest BCUT2D eigenvalue weighted by molar-refractivity contribution is -0.118. The standard InChI is InChI=1S/C19H22N2O3/c1-12(2)14-9-8-13(3)10-17(14)24-11-18(22)21-16-7-5-4-6-15(16)19(20)23/h4-10,12H,11H2,1-3H3,(H2,20,23)(H,21,22). The molecule has 0 fully saturated rings. The van der Waals surface area contributed by atoms with Crippen LogP contribution in [0.5, 0.6) is 5.75 Å². The Bertz CT molecular complexity index is 754. The van der Waals surface area contributed by atoms with Crippen molar-refractivity contribution in [3.05, 3.63) is 59.2 Å². The molecule has 24 heavy (non-hydrogen) atoms. The normalized spacial score (nSPS) is 10.5. The number of carbonyl (C=O) groups excluding carboxylic acids is 2. The molecule has 5 heteroatoms. The smallest absolute Gasteiger partial charge is 0.262 e. The Morgan fingerprint density at radius 3 is 2.54 bits per heavy atom. The molecule has 0 saturated carbocycles. The third kappa shape index (κ3) is 4.35. The van der Waals surface area contributed by atoms with E-state index in [1.807, 2.05) is 25.1 Å². The van der Waals surface area contributed by atoms with Gasteiger partial charge in [0, 0.05) is 0 Å². The van der Waals surface area contributed by atoms with Crippen LogP contribution in [0.25, 0.3) is 0 Å². The molecule has 0 unspecified atom stereocenters. The highest BCUT2D eigenvalue weighted by molar-refractivity contribution is 6.03. The molecule has 0 aliphatic rings. The topological polar surface area (TPSA) is 81.4 Å². The van der Waals surface area contributed by atoms with Gasteiger partial charge in [0.2, 0.25) is 0 Å². The van der Waals surface area contributed by atoms with Crippen molar-refractivity contribution in [1.29, 1.82) is 0 Å². The van der Waals surface area contributed by atoms with Gasteiger partial charge in [-0.1, -0.05) is 38.1 Å². The van der Waals surface area contributed by atoms with Gasteiger partial charge in [-0.15, -0.1) is 0 Å². The van der Waals surface area contributed by atoms with Crippen LogP contribution in [-0.4, -0.2) is 18.4 Å². The van der Waals surface area contributed by atoms with Crippen molar-refractivity contribution in [1.82, 2.24) is 0 Å². The van der Waals surface area contributed by atoms with Crippen molar-refractivity contribution < 1.29 is 14.3 Å². The number of aryl methyl sites for hydroxylation is 1. The Balaban J connectivity index is 2.07. The van der Waals surface area contributed by atoms with Gasteiger partial charge in [0.25, 0.3) is 11.8 Å². The highest BCUT2D eigenvalue weighted by Gasteiger charge is 2.13. The summed E-state index contributed by atoms with van der Waals surface area (Å²) in [6, 6.07) is 12.6. The molecule has 2 aromatic rings. The molecule has 126 valence electrons. The van der Waals surface area contributed by atoms with Crippen molar-refractivity contribution in [2.75, 3.05) is 11.9 Å². The number of hydrogen-bond donors (Lipinski definition) is 2. The molecule has 2 aromatic carbocycles. The maximum Gasteiger partial charge on any atom is 0.262 e. The Morgan fingerprint density at radius 2 is 1.88 bits per heavy atom. The van der Waals surface area contributed by atoms with Crippen LogP contribution in [0.15, 0.2) is 42.5 Å². The van der Waals surface area contributed by atoms with Crippen molar-refractivity contribution in [2.45, 2.75) is 26.7 Å². The zero-order valence-electron chi connectivity index (χ0n) is 14.1. The molecule has 0 aliphatic carbocycles. The highest BCUT2D eigenvalue weighted by Crippen LogP contribution is 2.27. The third-order valence-corrected chi connectivity index (χ3v) is 3.62. The number of nitrogens with two attached hydrogens (primary N) is 1. The summed E-state index contributed by atoms with van der Waals surface area (Å²) >= 11 is 0. The number of anilines is 1. The van der Waals surface area contributed by atoms with Crippen LogP contribution >= 0.6 is 0 Å². The summed E-state index contributed by atoms with van der Waals surface area (Å²) < 4.78 is 5.69. The molecule has 3 N–H and O–H groups in total. The lowest BCUT2D eigenvalue weighted by Gasteiger charge is -2.15. The van der Waals surface area contributed by atoms with Crippen LogP contribution in [0.4, 0.5) is 5.69 Å². The van der Waals surface area contributed by atoms with E-state index in [0.717, 1.165) is 11.1 Å². The minimum absolute atomic E-state index is 0.143. The maximum atomic E-state index is 12.1. The van der Waals surface area contributed by atoms with E-state index in [1.165, 1.54) is 0 Å². The van der Waals surface area contributed by atoms with E-state index in [-0.39, 0.29) is 18.1 Å². The fraction of sp³-hybridized carbons (Fsp3) is 0.263. The second-order valence-corrected chi connectivity index (χ2v) is 5.94. The Kier molecular flexibility index (Phi) is 5.58. The summed E-state index contributed by atoms with van der Waals surface area (Å²) in [6.45, 7) is 5.97. The number of para-hydroxylation sites is 1. The molecule has 0 aromatic heterocycles. The number of rotatable bonds is 6. The SMILES string of the molecule is Cc1ccc(C(C)C)c(OCC(=O)Nc2ccccc2C(N)=O)c1. The van der Waals surface area contributed by atoms with Crippen LogP contribution < -0.4 is 15.8 Å². The first-order chi connectivity index (χ1) is 11.4. The summed E-state index contributed by atoms with van der Waals surface area (Å²) in [5.74, 6) is 0.0510. The average molecular weight is 326 g/mol. The van der Waals surface area contributed by atoms with Crippen LogP contribution in [0.2, 0.25) is 0 Å². The Morgan fingerprint density at radius 1 is 1.17 bits per heavy atom. The number of primary amides is 1. The summed E-state index contributed by atoms with van der Waals surface area (Å²) in [6.07, 6.45) is 0. The number of amides is 2. The van der Waals surface area contributed by atoms with E-state index in [9.17, 15) is 9.59 Å². The molecular formula is C19H22N2O3. The van der Waals surface area contributed by atoms with Gasteiger partial charge in [-0.2, -0.15) is 0 Å². The summed E-state index contributed by atoms with van der Waals surface area (Å²) in [5, 5.41) is 2.66. The van der Waals surface area contributed by atoms with Gasteiger partial charge < -0.3 is 15.8 Å². The van der Waals surface area contributed by atoms with Crippen LogP contribution in [0.1, 0.15) is 41.3 Å². The van der Waals surface area contributed by atoms with Gasteiger partial charge in [0.15, 0.2) is 6.61 Å². The van der Waals surface area contributed by atoms with E-state index in [4.69, 9.17) is 10.5 Å². The van der Waals surface area contributed by atoms with Crippen molar-refractivity contribution in [3.63, 3.8) is 0 Å². The van der Waals surface area contributed by atoms with E-state index in [1.54, 1.807) is 24.3 Å². The zero-order valence-corrected chi connectivity index (χ0v) is 14.1. The number of hydrogen-bond acceptors (Lipinski definition) is 3. The first-order valence-corrected chi connectivity index (χ1v) is 7.80. The predicted molar refractivity (Wildman–Crippen MR) is 94.4 cm³/mol. The molecule has 0 spiro atoms. The van der Waals surface area contributed by atoms with Gasteiger partial charge >= 0.3 is 0 Å². The molecule has 2 rings (SSSR count). The quantitative estimate of drug-likeness (QED) is 0.855. The van der Waals surface area contributed by atoms with Gasteiger partial charge in [0.05, 0.1) is 11.3 Å². The first-order valence-electron chi connectivity index (χ1n) is 7.80. The highest BCUT2D eigenvalue weighted by atomic mass is 16.5. The molecule has 5 nitrogen and oxygen atoms in total. The van der Waals surface area contributed by atoms with Gasteiger partial charge in [0.1, 0.15) is 5.75 Å². The Labute approximate surface area is 141 Å². The summed E-state index contributed by atoms with van der Waals surface area (Å²) in [4.78, 5) is 23.5. The summed E-state index contributed by atoms with van der Waals surface area (Å²) in [7, 11) is 0. The molecule has 0 aliphatic heterocycles. The number of ether oxygens (including phenoxy) is 1. The van der Waals surface area contributed by atoms with Gasteiger partial charge in [-0.05, 0) is 42.2 Å². The molecule has 0 radical (unpaired) electrons. The Hall–Kier alpha value is -2.82. The average Bonchev–Trinajstić information content (AvgIpc) is 2.53. The van der Waals surface area contributed by atoms with E-state index >= 15 is 0 Å². The van der Waals surface area contributed by atoms with Gasteiger partial charge in [-0.25, -0.2) is 0 Å². The maximum absolute atomic E-state index is 12.1. The number of carbonyl (C=O) groups is 2. The van der Waals surface area contributed by atoms with E-state index in [2.05, 4.69) is 19.2 Å². The van der Waals surface area contributed by atoms with Crippen LogP contribution in [0.3, 0.4) is 0 Å². The molecule has 0 heterocycles. The molecule has 0 bridgehead atoms. The fourth-order valence-corrected chi connectivity index (χ4v) is 2.38. The number of benzene rings is 2. The zero-order chi connectivity index (χ0) is 17.7. The first kappa shape index (κ1) is 17.5. The lowest BCUT2D eigenvalue weighted by atomic mass is 10.0. The molecular weight excluding hydrogens is 304 g/mol. The third-order valence-electron chi connectivity index (χ3n) is 3.62. The second kappa shape index (κ2) is 7.64. The minimum atomic E-state index is -0.590. The monoisotopic (exact) mass is 326 g/mol. The number of nitrogens with one attached hydrogen (secondary N) is 1. The van der Waals surface area contributed by atoms with Gasteiger partial charge in [-0.3, -0.25) is 9.59 Å². The second-order valence-electron chi connectivity index (χ2n) is 5.94. The van der Waals surface area contributed by atoms with Crippen LogP contribution in [-0.2, 0) is 4.79 Å². The van der Waals surface area contributed by atoms with Crippen molar-refractivity contribution >= 4 is 17.5 Å². The van der Waals surface area contributed by atoms with Crippen molar-refractivity contribution in [3.8, 4) is 5.75 Å². The van der Waals surface area contributed by atoms with Crippen LogP contribution in [0, 0.1) is 6.92 Å². The minimum Gasteiger partial charge on any atom is -0.483 e. The van der Waals surface area contributed by atoms with E-state index < -0.39 is 5.91 Å². The molecule has 0 atom stereocenters. The van der Waals surface area contributed by atoms with Crippen molar-refractivity contribution in [2.24, 2.45) is 5.73 Å². The molecule has 2 amide bonds. The fourth-order valence-electron chi connectivity index (χ4n) is 2.38.